The Morgan fingerprint density at radius 2 is 2.44 bits per heavy atom. The minimum absolute atomic E-state index is 0.324. The highest BCUT2D eigenvalue weighted by Gasteiger charge is 2.16. The lowest BCUT2D eigenvalue weighted by Gasteiger charge is -1.97. The van der Waals surface area contributed by atoms with Crippen molar-refractivity contribution in [3.8, 4) is 16.5 Å². The smallest absolute Gasteiger partial charge is 0.268 e. The largest absolute Gasteiger partial charge is 0.496 e. The second-order valence-corrected chi connectivity index (χ2v) is 4.14. The lowest BCUT2D eigenvalue weighted by molar-refractivity contribution is 0.159. The molecule has 0 radical (unpaired) electrons. The van der Waals surface area contributed by atoms with Crippen molar-refractivity contribution < 1.29 is 14.4 Å². The Labute approximate surface area is 96.7 Å². The molecule has 2 aromatic heterocycles. The quantitative estimate of drug-likeness (QED) is 0.887. The minimum atomic E-state index is -0.667. The molecular formula is C10H12N2O3S. The first-order valence-corrected chi connectivity index (χ1v) is 5.77. The van der Waals surface area contributed by atoms with Crippen molar-refractivity contribution >= 4 is 11.3 Å². The lowest BCUT2D eigenvalue weighted by atomic mass is 10.3. The summed E-state index contributed by atoms with van der Waals surface area (Å²) in [5.41, 5.74) is 0. The van der Waals surface area contributed by atoms with Crippen LogP contribution in [0, 0.1) is 0 Å². The van der Waals surface area contributed by atoms with Crippen LogP contribution in [0.25, 0.3) is 10.8 Å². The summed E-state index contributed by atoms with van der Waals surface area (Å²) in [5, 5.41) is 15.1. The molecular weight excluding hydrogens is 228 g/mol. The molecule has 2 aromatic rings. The third-order valence-corrected chi connectivity index (χ3v) is 3.04. The van der Waals surface area contributed by atoms with E-state index >= 15 is 0 Å². The number of methoxy groups -OCH3 is 1. The van der Waals surface area contributed by atoms with E-state index in [1.165, 1.54) is 11.3 Å². The summed E-state index contributed by atoms with van der Waals surface area (Å²) < 4.78 is 10.1. The van der Waals surface area contributed by atoms with Gasteiger partial charge in [-0.1, -0.05) is 12.1 Å². The highest BCUT2D eigenvalue weighted by Crippen LogP contribution is 2.30. The van der Waals surface area contributed by atoms with Crippen molar-refractivity contribution in [3.05, 3.63) is 17.3 Å². The van der Waals surface area contributed by atoms with Crippen LogP contribution in [0.3, 0.4) is 0 Å². The first-order chi connectivity index (χ1) is 7.74. The van der Waals surface area contributed by atoms with Gasteiger partial charge in [-0.05, 0) is 6.42 Å². The zero-order valence-electron chi connectivity index (χ0n) is 9.01. The molecule has 0 aliphatic heterocycles. The SMILES string of the molecule is CCC(O)c1noc(-c2cc(OC)cs2)n1. The van der Waals surface area contributed by atoms with Gasteiger partial charge in [-0.25, -0.2) is 0 Å². The fraction of sp³-hybridized carbons (Fsp3) is 0.400. The highest BCUT2D eigenvalue weighted by atomic mass is 32.1. The van der Waals surface area contributed by atoms with Gasteiger partial charge in [0.25, 0.3) is 5.89 Å². The molecule has 5 nitrogen and oxygen atoms in total. The monoisotopic (exact) mass is 240 g/mol. The Balaban J connectivity index is 2.24. The molecule has 2 rings (SSSR count). The van der Waals surface area contributed by atoms with E-state index in [0.29, 0.717) is 18.1 Å². The third kappa shape index (κ3) is 2.07. The van der Waals surface area contributed by atoms with Gasteiger partial charge in [0.2, 0.25) is 5.82 Å². The predicted octanol–water partition coefficient (Wildman–Crippen LogP) is 2.25. The zero-order valence-corrected chi connectivity index (χ0v) is 9.82. The number of thiophene rings is 1. The third-order valence-electron chi connectivity index (χ3n) is 2.15. The molecule has 6 heteroatoms. The van der Waals surface area contributed by atoms with Crippen LogP contribution in [0.2, 0.25) is 0 Å². The van der Waals surface area contributed by atoms with Crippen LogP contribution >= 0.6 is 11.3 Å². The standard InChI is InChI=1S/C10H12N2O3S/c1-3-7(13)9-11-10(15-12-9)8-4-6(14-2)5-16-8/h4-5,7,13H,3H2,1-2H3. The van der Waals surface area contributed by atoms with E-state index in [9.17, 15) is 5.11 Å². The second kappa shape index (κ2) is 4.63. The van der Waals surface area contributed by atoms with Gasteiger partial charge in [0, 0.05) is 11.4 Å². The fourth-order valence-electron chi connectivity index (χ4n) is 1.19. The molecule has 0 fully saturated rings. The molecule has 0 spiro atoms. The van der Waals surface area contributed by atoms with E-state index in [4.69, 9.17) is 9.26 Å². The van der Waals surface area contributed by atoms with E-state index in [1.54, 1.807) is 7.11 Å². The topological polar surface area (TPSA) is 68.4 Å². The number of aromatic nitrogens is 2. The number of aliphatic hydroxyl groups is 1. The summed E-state index contributed by atoms with van der Waals surface area (Å²) in [4.78, 5) is 4.96. The normalized spacial score (nSPS) is 12.7. The molecule has 0 bridgehead atoms. The maximum absolute atomic E-state index is 9.53. The Hall–Kier alpha value is -1.40. The van der Waals surface area contributed by atoms with Crippen molar-refractivity contribution in [2.45, 2.75) is 19.4 Å². The van der Waals surface area contributed by atoms with E-state index in [1.807, 2.05) is 18.4 Å². The summed E-state index contributed by atoms with van der Waals surface area (Å²) >= 11 is 1.46. The molecule has 1 unspecified atom stereocenters. The van der Waals surface area contributed by atoms with Gasteiger partial charge in [0.15, 0.2) is 0 Å². The molecule has 0 amide bonds. The number of hydrogen-bond acceptors (Lipinski definition) is 6. The van der Waals surface area contributed by atoms with Crippen LogP contribution in [-0.4, -0.2) is 22.4 Å². The van der Waals surface area contributed by atoms with Crippen LogP contribution in [-0.2, 0) is 0 Å². The van der Waals surface area contributed by atoms with Gasteiger partial charge >= 0.3 is 0 Å². The summed E-state index contributed by atoms with van der Waals surface area (Å²) in [6.45, 7) is 1.86. The van der Waals surface area contributed by atoms with Crippen molar-refractivity contribution in [3.63, 3.8) is 0 Å². The summed E-state index contributed by atoms with van der Waals surface area (Å²) in [6, 6.07) is 1.82. The van der Waals surface area contributed by atoms with Gasteiger partial charge in [-0.3, -0.25) is 0 Å². The number of hydrogen-bond donors (Lipinski definition) is 1. The maximum atomic E-state index is 9.53. The number of rotatable bonds is 4. The molecule has 0 aliphatic rings. The summed E-state index contributed by atoms with van der Waals surface area (Å²) in [5.74, 6) is 1.50. The predicted molar refractivity (Wildman–Crippen MR) is 59.4 cm³/mol. The number of ether oxygens (including phenoxy) is 1. The molecule has 0 aliphatic carbocycles. The first kappa shape index (κ1) is 11.1. The second-order valence-electron chi connectivity index (χ2n) is 3.23. The summed E-state index contributed by atoms with van der Waals surface area (Å²) in [7, 11) is 1.60. The lowest BCUT2D eigenvalue weighted by Crippen LogP contribution is -1.97. The maximum Gasteiger partial charge on any atom is 0.268 e. The summed E-state index contributed by atoms with van der Waals surface area (Å²) in [6.07, 6.45) is -0.105. The molecule has 1 atom stereocenters. The van der Waals surface area contributed by atoms with Crippen molar-refractivity contribution in [2.24, 2.45) is 0 Å². The highest BCUT2D eigenvalue weighted by molar-refractivity contribution is 7.13. The molecule has 16 heavy (non-hydrogen) atoms. The van der Waals surface area contributed by atoms with Gasteiger partial charge in [0.05, 0.1) is 12.0 Å². The average molecular weight is 240 g/mol. The van der Waals surface area contributed by atoms with Gasteiger partial charge < -0.3 is 14.4 Å². The van der Waals surface area contributed by atoms with E-state index in [0.717, 1.165) is 10.6 Å². The van der Waals surface area contributed by atoms with Crippen LogP contribution in [0.4, 0.5) is 0 Å². The first-order valence-electron chi connectivity index (χ1n) is 4.89. The zero-order chi connectivity index (χ0) is 11.5. The Morgan fingerprint density at radius 3 is 3.06 bits per heavy atom. The van der Waals surface area contributed by atoms with Gasteiger partial charge in [0.1, 0.15) is 11.9 Å². The molecule has 0 aromatic carbocycles. The fourth-order valence-corrected chi connectivity index (χ4v) is 1.97. The van der Waals surface area contributed by atoms with Crippen LogP contribution in [0.5, 0.6) is 5.75 Å². The molecule has 0 saturated carbocycles. The minimum Gasteiger partial charge on any atom is -0.496 e. The number of nitrogens with zero attached hydrogens (tertiary/aromatic N) is 2. The van der Waals surface area contributed by atoms with Gasteiger partial charge in [-0.15, -0.1) is 11.3 Å². The molecule has 0 saturated heterocycles. The molecule has 86 valence electrons. The Kier molecular flexibility index (Phi) is 3.21. The van der Waals surface area contributed by atoms with Crippen LogP contribution < -0.4 is 4.74 Å². The molecule has 2 heterocycles. The van der Waals surface area contributed by atoms with E-state index in [-0.39, 0.29) is 0 Å². The van der Waals surface area contributed by atoms with Crippen molar-refractivity contribution in [1.82, 2.24) is 10.1 Å². The van der Waals surface area contributed by atoms with Crippen LogP contribution in [0.15, 0.2) is 16.0 Å². The van der Waals surface area contributed by atoms with Gasteiger partial charge in [-0.2, -0.15) is 4.98 Å². The van der Waals surface area contributed by atoms with E-state index in [2.05, 4.69) is 10.1 Å². The Morgan fingerprint density at radius 1 is 1.62 bits per heavy atom. The average Bonchev–Trinajstić information content (AvgIpc) is 2.95. The van der Waals surface area contributed by atoms with E-state index < -0.39 is 6.10 Å². The van der Waals surface area contributed by atoms with Crippen LogP contribution in [0.1, 0.15) is 25.3 Å². The molecule has 1 N–H and O–H groups in total. The van der Waals surface area contributed by atoms with Crippen molar-refractivity contribution in [1.29, 1.82) is 0 Å². The Bertz CT molecular complexity index is 466. The van der Waals surface area contributed by atoms with Crippen molar-refractivity contribution in [2.75, 3.05) is 7.11 Å². The number of aliphatic hydroxyl groups excluding tert-OH is 1.